The van der Waals surface area contributed by atoms with Crippen molar-refractivity contribution in [3.63, 3.8) is 0 Å². The molecule has 0 unspecified atom stereocenters. The zero-order chi connectivity index (χ0) is 7.21. The molecule has 0 bridgehead atoms. The normalized spacial score (nSPS) is 9.25. The molecule has 0 aliphatic heterocycles. The minimum absolute atomic E-state index is 1.85. The molecule has 0 atom stereocenters. The van der Waals surface area contributed by atoms with Gasteiger partial charge in [-0.2, -0.15) is 0 Å². The van der Waals surface area contributed by atoms with Crippen LogP contribution in [0.15, 0.2) is 0 Å². The van der Waals surface area contributed by atoms with Crippen molar-refractivity contribution in [1.82, 2.24) is 0 Å². The average molecular weight is 150 g/mol. The van der Waals surface area contributed by atoms with Crippen molar-refractivity contribution in [2.45, 2.75) is 6.92 Å². The van der Waals surface area contributed by atoms with Crippen LogP contribution >= 0.6 is 7.82 Å². The van der Waals surface area contributed by atoms with Gasteiger partial charge < -0.3 is 14.7 Å². The fourth-order valence-corrected chi connectivity index (χ4v) is 0. The summed E-state index contributed by atoms with van der Waals surface area (Å²) in [6.45, 7) is 2.01. The van der Waals surface area contributed by atoms with Crippen LogP contribution in [-0.2, 0) is 4.57 Å². The molecule has 0 aromatic rings. The first-order valence-corrected chi connectivity index (χ1v) is 4.15. The second-order valence-corrected chi connectivity index (χ2v) is 2.76. The zero-order valence-electron chi connectivity index (χ0n) is 4.48. The van der Waals surface area contributed by atoms with Crippen molar-refractivity contribution in [2.75, 3.05) is 0 Å². The monoisotopic (exact) mass is 150 g/mol. The molecule has 0 spiro atoms. The molecule has 0 aliphatic rings. The summed E-state index contributed by atoms with van der Waals surface area (Å²) in [7, 11) is -4.64. The van der Waals surface area contributed by atoms with Crippen molar-refractivity contribution in [2.24, 2.45) is 0 Å². The molecular weight excluding hydrogens is 143 g/mol. The Labute approximate surface area is 59.7 Å². The molecule has 6 heteroatoms. The molecule has 46 valence electrons. The van der Waals surface area contributed by atoms with Gasteiger partial charge in [0, 0.05) is 0 Å². The van der Waals surface area contributed by atoms with Gasteiger partial charge in [0.2, 0.25) is 0 Å². The minimum atomic E-state index is -4.64. The third-order valence-corrected chi connectivity index (χ3v) is 0. The summed E-state index contributed by atoms with van der Waals surface area (Å²) in [5.74, 6) is 0. The second-order valence-electron chi connectivity index (χ2n) is 0.922. The maximum absolute atomic E-state index is 8.88. The van der Waals surface area contributed by atoms with E-state index >= 15 is 0 Å². The van der Waals surface area contributed by atoms with Gasteiger partial charge in [0.1, 0.15) is 0 Å². The van der Waals surface area contributed by atoms with Crippen molar-refractivity contribution in [3.8, 4) is 0 Å². The van der Waals surface area contributed by atoms with Gasteiger partial charge in [-0.05, 0) is 0 Å². The van der Waals surface area contributed by atoms with E-state index in [0.717, 1.165) is 0 Å². The molecule has 3 N–H and O–H groups in total. The minimum Gasteiger partial charge on any atom is -0.303 e. The van der Waals surface area contributed by atoms with Crippen molar-refractivity contribution in [1.29, 1.82) is 0 Å². The Hall–Kier alpha value is 0.746. The Kier molecular flexibility index (Phi) is 8.47. The van der Waals surface area contributed by atoms with Gasteiger partial charge in [-0.15, -0.1) is 0 Å². The van der Waals surface area contributed by atoms with Crippen molar-refractivity contribution in [3.05, 3.63) is 0 Å². The Bertz CT molecular complexity index is 87.9. The van der Waals surface area contributed by atoms with Gasteiger partial charge in [0.25, 0.3) is 0 Å². The fourth-order valence-electron chi connectivity index (χ4n) is 0. The molecule has 0 amide bonds. The van der Waals surface area contributed by atoms with Crippen molar-refractivity contribution >= 4 is 33.2 Å². The molecule has 0 aromatic carbocycles. The molecule has 0 aliphatic carbocycles. The summed E-state index contributed by atoms with van der Waals surface area (Å²) in [6, 6.07) is 0. The number of hydrogen-bond donors (Lipinski definition) is 3. The van der Waals surface area contributed by atoms with E-state index in [4.69, 9.17) is 19.2 Å². The third kappa shape index (κ3) is 400. The first-order chi connectivity index (χ1) is 3.41. The first-order valence-electron chi connectivity index (χ1n) is 1.77. The van der Waals surface area contributed by atoms with E-state index in [2.05, 4.69) is 0 Å². The topological polar surface area (TPSA) is 77.8 Å². The SMILES string of the molecule is C[CH]=[Mg].O=P(O)(O)O. The molecule has 0 fully saturated rings. The smallest absolute Gasteiger partial charge is 0.303 e. The van der Waals surface area contributed by atoms with E-state index in [9.17, 15) is 0 Å². The molecule has 8 heavy (non-hydrogen) atoms. The van der Waals surface area contributed by atoms with E-state index in [1.165, 1.54) is 0 Å². The zero-order valence-corrected chi connectivity index (χ0v) is 6.79. The molecule has 4 nitrogen and oxygen atoms in total. The Morgan fingerprint density at radius 3 is 1.50 bits per heavy atom. The molecule has 0 aromatic heterocycles. The number of phosphoric acid groups is 1. The summed E-state index contributed by atoms with van der Waals surface area (Å²) < 4.78 is 10.9. The van der Waals surface area contributed by atoms with E-state index in [-0.39, 0.29) is 0 Å². The van der Waals surface area contributed by atoms with Crippen molar-refractivity contribution < 1.29 is 19.2 Å². The van der Waals surface area contributed by atoms with Crippen LogP contribution in [0.25, 0.3) is 0 Å². The summed E-state index contributed by atoms with van der Waals surface area (Å²) in [5.41, 5.74) is 0. The van der Waals surface area contributed by atoms with Gasteiger partial charge in [-0.1, -0.05) is 0 Å². The molecule has 0 radical (unpaired) electrons. The largest absolute Gasteiger partial charge is 0.466 e. The standard InChI is InChI=1S/C2H4.Mg.H3O4P/c1-2;;1-5(2,3)4/h1H,2H3;;(H3,1,2,3,4). The number of rotatable bonds is 0. The van der Waals surface area contributed by atoms with Gasteiger partial charge >= 0.3 is 40.1 Å². The maximum Gasteiger partial charge on any atom is 0.466 e. The van der Waals surface area contributed by atoms with Crippen LogP contribution in [0.5, 0.6) is 0 Å². The van der Waals surface area contributed by atoms with Gasteiger partial charge in [0.15, 0.2) is 0 Å². The Morgan fingerprint density at radius 2 is 1.50 bits per heavy atom. The van der Waals surface area contributed by atoms with E-state index in [1.807, 2.05) is 32.3 Å². The van der Waals surface area contributed by atoms with E-state index in [0.29, 0.717) is 0 Å². The summed E-state index contributed by atoms with van der Waals surface area (Å²) in [5, 5.41) is 0. The molecule has 0 rings (SSSR count). The molecule has 0 heterocycles. The van der Waals surface area contributed by atoms with Crippen LogP contribution in [0.1, 0.15) is 6.92 Å². The van der Waals surface area contributed by atoms with E-state index in [1.54, 1.807) is 0 Å². The van der Waals surface area contributed by atoms with Gasteiger partial charge in [-0.3, -0.25) is 0 Å². The van der Waals surface area contributed by atoms with Crippen LogP contribution in [-0.4, -0.2) is 40.1 Å². The molecule has 0 saturated heterocycles. The van der Waals surface area contributed by atoms with Gasteiger partial charge in [0.05, 0.1) is 0 Å². The van der Waals surface area contributed by atoms with Crippen LogP contribution in [0.3, 0.4) is 0 Å². The van der Waals surface area contributed by atoms with Gasteiger partial charge in [-0.25, -0.2) is 4.57 Å². The molecule has 0 saturated carbocycles. The Balaban J connectivity index is 0. The quantitative estimate of drug-likeness (QED) is 0.307. The predicted molar refractivity (Wildman–Crippen MR) is 31.8 cm³/mol. The fraction of sp³-hybridized carbons (Fsp3) is 0.500. The van der Waals surface area contributed by atoms with Crippen LogP contribution in [0, 0.1) is 0 Å². The molecular formula is C2H7MgO4P. The van der Waals surface area contributed by atoms with Crippen LogP contribution in [0.2, 0.25) is 0 Å². The summed E-state index contributed by atoms with van der Waals surface area (Å²) in [4.78, 5) is 21.6. The Morgan fingerprint density at radius 1 is 1.50 bits per heavy atom. The predicted octanol–water partition coefficient (Wildman–Crippen LogP) is -0.952. The summed E-state index contributed by atoms with van der Waals surface area (Å²) in [6.07, 6.45) is 0. The third-order valence-electron chi connectivity index (χ3n) is 0. The van der Waals surface area contributed by atoms with E-state index < -0.39 is 7.82 Å². The average Bonchev–Trinajstić information content (AvgIpc) is 1.27. The summed E-state index contributed by atoms with van der Waals surface area (Å²) >= 11 is 1.85. The van der Waals surface area contributed by atoms with Crippen LogP contribution < -0.4 is 0 Å². The second kappa shape index (κ2) is 5.88. The first kappa shape index (κ1) is 11.5. The van der Waals surface area contributed by atoms with Crippen LogP contribution in [0.4, 0.5) is 0 Å². The number of hydrogen-bond acceptors (Lipinski definition) is 1. The maximum atomic E-state index is 8.88.